The minimum Gasteiger partial charge on any atom is -0.492 e. The van der Waals surface area contributed by atoms with Crippen molar-refractivity contribution in [3.8, 4) is 5.75 Å². The molecule has 0 aliphatic carbocycles. The number of halogens is 1. The molecule has 0 aromatic heterocycles. The maximum Gasteiger partial charge on any atom is 0.292 e. The van der Waals surface area contributed by atoms with E-state index in [1.165, 1.54) is 6.92 Å². The molecule has 6 nitrogen and oxygen atoms in total. The Hall–Kier alpha value is -2.41. The van der Waals surface area contributed by atoms with Gasteiger partial charge in [-0.1, -0.05) is 11.6 Å². The van der Waals surface area contributed by atoms with Gasteiger partial charge in [-0.25, -0.2) is 0 Å². The lowest BCUT2D eigenvalue weighted by Crippen LogP contribution is -2.48. The third-order valence-electron chi connectivity index (χ3n) is 4.87. The standard InChI is InChI=1S/C21H20ClNO5/c1-14(24)15-3-6-17(7-4-15)26-12-9-23-19-8-5-16(22)13-18(19)21(20(23)25)27-10-2-11-28-21/h3-8,13H,2,9-12H2,1H3. The van der Waals surface area contributed by atoms with Crippen molar-refractivity contribution in [3.63, 3.8) is 0 Å². The summed E-state index contributed by atoms with van der Waals surface area (Å²) < 4.78 is 17.4. The second kappa shape index (κ2) is 7.54. The zero-order valence-corrected chi connectivity index (χ0v) is 16.2. The molecular weight excluding hydrogens is 382 g/mol. The quantitative estimate of drug-likeness (QED) is 0.717. The van der Waals surface area contributed by atoms with Gasteiger partial charge in [-0.05, 0) is 55.8 Å². The lowest BCUT2D eigenvalue weighted by atomic mass is 10.1. The number of fused-ring (bicyclic) bond motifs is 2. The maximum absolute atomic E-state index is 13.2. The Kier molecular flexibility index (Phi) is 5.10. The van der Waals surface area contributed by atoms with Crippen molar-refractivity contribution in [2.45, 2.75) is 19.1 Å². The van der Waals surface area contributed by atoms with E-state index in [1.807, 2.05) is 0 Å². The Morgan fingerprint density at radius 3 is 2.57 bits per heavy atom. The van der Waals surface area contributed by atoms with E-state index >= 15 is 0 Å². The van der Waals surface area contributed by atoms with Gasteiger partial charge in [0.2, 0.25) is 0 Å². The first-order chi connectivity index (χ1) is 13.5. The van der Waals surface area contributed by atoms with Crippen LogP contribution >= 0.6 is 11.6 Å². The molecule has 2 heterocycles. The molecule has 2 aliphatic heterocycles. The van der Waals surface area contributed by atoms with Crippen molar-refractivity contribution in [2.75, 3.05) is 31.3 Å². The van der Waals surface area contributed by atoms with Gasteiger partial charge < -0.3 is 19.1 Å². The summed E-state index contributed by atoms with van der Waals surface area (Å²) in [6.07, 6.45) is 0.740. The van der Waals surface area contributed by atoms with Crippen LogP contribution in [0.4, 0.5) is 5.69 Å². The van der Waals surface area contributed by atoms with E-state index in [9.17, 15) is 9.59 Å². The second-order valence-electron chi connectivity index (χ2n) is 6.71. The lowest BCUT2D eigenvalue weighted by molar-refractivity contribution is -0.256. The zero-order valence-electron chi connectivity index (χ0n) is 15.4. The minimum atomic E-state index is -1.42. The van der Waals surface area contributed by atoms with Crippen LogP contribution < -0.4 is 9.64 Å². The summed E-state index contributed by atoms with van der Waals surface area (Å²) in [6, 6.07) is 12.2. The number of hydrogen-bond acceptors (Lipinski definition) is 5. The molecule has 0 atom stereocenters. The smallest absolute Gasteiger partial charge is 0.292 e. The minimum absolute atomic E-state index is 0.00209. The van der Waals surface area contributed by atoms with Crippen LogP contribution in [-0.2, 0) is 20.1 Å². The number of rotatable bonds is 5. The van der Waals surface area contributed by atoms with E-state index < -0.39 is 5.79 Å². The maximum atomic E-state index is 13.2. The van der Waals surface area contributed by atoms with Crippen LogP contribution in [0.15, 0.2) is 42.5 Å². The fraction of sp³-hybridized carbons (Fsp3) is 0.333. The van der Waals surface area contributed by atoms with E-state index in [0.29, 0.717) is 47.3 Å². The van der Waals surface area contributed by atoms with Gasteiger partial charge in [-0.3, -0.25) is 9.59 Å². The van der Waals surface area contributed by atoms with E-state index in [1.54, 1.807) is 47.4 Å². The summed E-state index contributed by atoms with van der Waals surface area (Å²) in [4.78, 5) is 26.1. The van der Waals surface area contributed by atoms with Gasteiger partial charge in [-0.15, -0.1) is 0 Å². The number of carbonyl (C=O) groups excluding carboxylic acids is 2. The van der Waals surface area contributed by atoms with Gasteiger partial charge in [0.1, 0.15) is 12.4 Å². The number of amides is 1. The van der Waals surface area contributed by atoms with Crippen molar-refractivity contribution in [2.24, 2.45) is 0 Å². The number of hydrogen-bond donors (Lipinski definition) is 0. The summed E-state index contributed by atoms with van der Waals surface area (Å²) in [7, 11) is 0. The lowest BCUT2D eigenvalue weighted by Gasteiger charge is -2.32. The number of benzene rings is 2. The molecule has 28 heavy (non-hydrogen) atoms. The predicted octanol–water partition coefficient (Wildman–Crippen LogP) is 3.56. The van der Waals surface area contributed by atoms with Crippen LogP contribution in [-0.4, -0.2) is 38.1 Å². The van der Waals surface area contributed by atoms with Crippen LogP contribution in [0.2, 0.25) is 5.02 Å². The summed E-state index contributed by atoms with van der Waals surface area (Å²) in [5, 5.41) is 0.521. The molecule has 1 fully saturated rings. The number of nitrogens with zero attached hydrogens (tertiary/aromatic N) is 1. The van der Waals surface area contributed by atoms with Gasteiger partial charge in [-0.2, -0.15) is 0 Å². The first-order valence-electron chi connectivity index (χ1n) is 9.15. The largest absolute Gasteiger partial charge is 0.492 e. The molecule has 7 heteroatoms. The number of ketones is 1. The molecule has 0 saturated carbocycles. The third-order valence-corrected chi connectivity index (χ3v) is 5.11. The normalized spacial score (nSPS) is 17.6. The molecule has 4 rings (SSSR count). The van der Waals surface area contributed by atoms with E-state index in [2.05, 4.69) is 0 Å². The monoisotopic (exact) mass is 401 g/mol. The summed E-state index contributed by atoms with van der Waals surface area (Å²) in [5.74, 6) is -1.04. The number of ether oxygens (including phenoxy) is 3. The highest BCUT2D eigenvalue weighted by molar-refractivity contribution is 6.31. The van der Waals surface area contributed by atoms with Crippen molar-refractivity contribution in [1.29, 1.82) is 0 Å². The Bertz CT molecular complexity index is 906. The summed E-state index contributed by atoms with van der Waals surface area (Å²) in [5.41, 5.74) is 1.98. The predicted molar refractivity (Wildman–Crippen MR) is 104 cm³/mol. The Morgan fingerprint density at radius 1 is 1.18 bits per heavy atom. The molecule has 1 saturated heterocycles. The molecule has 0 N–H and O–H groups in total. The van der Waals surface area contributed by atoms with E-state index in [-0.39, 0.29) is 18.3 Å². The Morgan fingerprint density at radius 2 is 1.89 bits per heavy atom. The van der Waals surface area contributed by atoms with Crippen molar-refractivity contribution in [1.82, 2.24) is 0 Å². The van der Waals surface area contributed by atoms with Crippen LogP contribution in [0.3, 0.4) is 0 Å². The van der Waals surface area contributed by atoms with Gasteiger partial charge in [0.25, 0.3) is 11.7 Å². The van der Waals surface area contributed by atoms with Crippen LogP contribution in [0.1, 0.15) is 29.3 Å². The average molecular weight is 402 g/mol. The van der Waals surface area contributed by atoms with Crippen LogP contribution in [0.25, 0.3) is 0 Å². The molecule has 2 aromatic carbocycles. The van der Waals surface area contributed by atoms with E-state index in [4.69, 9.17) is 25.8 Å². The highest BCUT2D eigenvalue weighted by Gasteiger charge is 2.54. The molecule has 146 valence electrons. The Balaban J connectivity index is 1.50. The molecule has 1 amide bonds. The molecule has 0 bridgehead atoms. The highest BCUT2D eigenvalue weighted by atomic mass is 35.5. The Labute approximate surface area is 167 Å². The molecular formula is C21H20ClNO5. The topological polar surface area (TPSA) is 65.1 Å². The third kappa shape index (κ3) is 3.28. The van der Waals surface area contributed by atoms with Gasteiger partial charge in [0.15, 0.2) is 5.78 Å². The van der Waals surface area contributed by atoms with E-state index in [0.717, 1.165) is 6.42 Å². The van der Waals surface area contributed by atoms with Gasteiger partial charge >= 0.3 is 0 Å². The number of carbonyl (C=O) groups is 2. The molecule has 1 spiro atoms. The zero-order chi connectivity index (χ0) is 19.7. The molecule has 2 aromatic rings. The second-order valence-corrected chi connectivity index (χ2v) is 7.15. The highest BCUT2D eigenvalue weighted by Crippen LogP contribution is 2.46. The molecule has 0 radical (unpaired) electrons. The van der Waals surface area contributed by atoms with Crippen LogP contribution in [0, 0.1) is 0 Å². The van der Waals surface area contributed by atoms with Crippen LogP contribution in [0.5, 0.6) is 5.75 Å². The van der Waals surface area contributed by atoms with Gasteiger partial charge in [0, 0.05) is 16.1 Å². The SMILES string of the molecule is CC(=O)c1ccc(OCCN2C(=O)C3(OCCCO3)c3cc(Cl)ccc32)cc1. The number of anilines is 1. The van der Waals surface area contributed by atoms with Crippen molar-refractivity contribution < 1.29 is 23.8 Å². The summed E-state index contributed by atoms with van der Waals surface area (Å²) in [6.45, 7) is 3.03. The number of Topliss-reactive ketones (excluding diaryl/α,β-unsaturated/α-hetero) is 1. The fourth-order valence-electron chi connectivity index (χ4n) is 3.48. The fourth-order valence-corrected chi connectivity index (χ4v) is 3.66. The van der Waals surface area contributed by atoms with Crippen molar-refractivity contribution >= 4 is 29.0 Å². The summed E-state index contributed by atoms with van der Waals surface area (Å²) >= 11 is 6.15. The average Bonchev–Trinajstić information content (AvgIpc) is 2.91. The first kappa shape index (κ1) is 18.9. The van der Waals surface area contributed by atoms with Gasteiger partial charge in [0.05, 0.1) is 25.4 Å². The molecule has 0 unspecified atom stereocenters. The molecule has 2 aliphatic rings. The van der Waals surface area contributed by atoms with Crippen molar-refractivity contribution in [3.05, 3.63) is 58.6 Å². The first-order valence-corrected chi connectivity index (χ1v) is 9.53.